The summed E-state index contributed by atoms with van der Waals surface area (Å²) in [7, 11) is 0. The van der Waals surface area contributed by atoms with Crippen molar-refractivity contribution in [1.82, 2.24) is 10.3 Å². The molecular weight excluding hydrogens is 248 g/mol. The van der Waals surface area contributed by atoms with E-state index >= 15 is 0 Å². The van der Waals surface area contributed by atoms with Crippen molar-refractivity contribution in [2.24, 2.45) is 5.92 Å². The number of aliphatic carboxylic acids is 1. The van der Waals surface area contributed by atoms with E-state index in [0.717, 1.165) is 0 Å². The summed E-state index contributed by atoms with van der Waals surface area (Å²) in [4.78, 5) is 37.0. The summed E-state index contributed by atoms with van der Waals surface area (Å²) in [6, 6.07) is 1.70. The lowest BCUT2D eigenvalue weighted by Crippen LogP contribution is -2.36. The maximum atomic E-state index is 11.9. The second kappa shape index (κ2) is 6.17. The number of carboxylic acid groups (broad SMARTS) is 1. The van der Waals surface area contributed by atoms with Crippen LogP contribution in [0.15, 0.2) is 10.9 Å². The van der Waals surface area contributed by atoms with Crippen molar-refractivity contribution in [1.29, 1.82) is 0 Å². The number of aromatic amines is 1. The van der Waals surface area contributed by atoms with Gasteiger partial charge in [-0.25, -0.2) is 0 Å². The standard InChI is InChI=1S/C13H18N2O4/c1-4-9(13(18)19)6-14-11(16)10-7(2)5-8(3)15-12(10)17/h5,9H,4,6H2,1-3H3,(H,14,16)(H,15,17)(H,18,19). The summed E-state index contributed by atoms with van der Waals surface area (Å²) >= 11 is 0. The average Bonchev–Trinajstić information content (AvgIpc) is 2.27. The molecule has 0 saturated carbocycles. The van der Waals surface area contributed by atoms with E-state index < -0.39 is 23.4 Å². The highest BCUT2D eigenvalue weighted by Crippen LogP contribution is 2.05. The van der Waals surface area contributed by atoms with E-state index in [1.165, 1.54) is 0 Å². The number of carbonyl (C=O) groups is 2. The molecule has 1 rings (SSSR count). The molecule has 1 aromatic heterocycles. The van der Waals surface area contributed by atoms with Gasteiger partial charge in [-0.2, -0.15) is 0 Å². The molecule has 0 fully saturated rings. The first-order chi connectivity index (χ1) is 8.86. The van der Waals surface area contributed by atoms with Gasteiger partial charge in [0.05, 0.1) is 5.92 Å². The zero-order valence-electron chi connectivity index (χ0n) is 11.2. The van der Waals surface area contributed by atoms with Gasteiger partial charge >= 0.3 is 5.97 Å². The van der Waals surface area contributed by atoms with Crippen LogP contribution in [-0.2, 0) is 4.79 Å². The Balaban J connectivity index is 2.85. The third-order valence-corrected chi connectivity index (χ3v) is 2.94. The third-order valence-electron chi connectivity index (χ3n) is 2.94. The molecule has 3 N–H and O–H groups in total. The predicted octanol–water partition coefficient (Wildman–Crippen LogP) is 0.832. The molecule has 0 spiro atoms. The number of carboxylic acids is 1. The van der Waals surface area contributed by atoms with Crippen molar-refractivity contribution < 1.29 is 14.7 Å². The van der Waals surface area contributed by atoms with Crippen LogP contribution in [0.5, 0.6) is 0 Å². The smallest absolute Gasteiger partial charge is 0.308 e. The number of aromatic nitrogens is 1. The van der Waals surface area contributed by atoms with Crippen LogP contribution in [0.4, 0.5) is 0 Å². The van der Waals surface area contributed by atoms with Gasteiger partial charge in [0.15, 0.2) is 0 Å². The summed E-state index contributed by atoms with van der Waals surface area (Å²) in [5.41, 5.74) is 0.822. The number of pyridine rings is 1. The van der Waals surface area contributed by atoms with Crippen molar-refractivity contribution in [3.63, 3.8) is 0 Å². The van der Waals surface area contributed by atoms with Gasteiger partial charge in [0.2, 0.25) is 0 Å². The summed E-state index contributed by atoms with van der Waals surface area (Å²) in [5.74, 6) is -2.15. The van der Waals surface area contributed by atoms with Gasteiger partial charge in [-0.15, -0.1) is 0 Å². The van der Waals surface area contributed by atoms with Crippen LogP contribution in [-0.4, -0.2) is 28.5 Å². The Bertz CT molecular complexity index is 548. The van der Waals surface area contributed by atoms with Crippen molar-refractivity contribution in [3.8, 4) is 0 Å². The van der Waals surface area contributed by atoms with Gasteiger partial charge in [0, 0.05) is 12.2 Å². The maximum Gasteiger partial charge on any atom is 0.308 e. The van der Waals surface area contributed by atoms with Crippen LogP contribution >= 0.6 is 0 Å². The molecule has 0 aliphatic heterocycles. The first-order valence-electron chi connectivity index (χ1n) is 6.08. The van der Waals surface area contributed by atoms with Crippen molar-refractivity contribution in [2.75, 3.05) is 6.54 Å². The van der Waals surface area contributed by atoms with Crippen LogP contribution in [0.3, 0.4) is 0 Å². The second-order valence-corrected chi connectivity index (χ2v) is 4.49. The molecule has 0 bridgehead atoms. The average molecular weight is 266 g/mol. The molecule has 1 heterocycles. The zero-order chi connectivity index (χ0) is 14.6. The molecule has 19 heavy (non-hydrogen) atoms. The highest BCUT2D eigenvalue weighted by molar-refractivity contribution is 5.95. The molecule has 0 aliphatic carbocycles. The van der Waals surface area contributed by atoms with Crippen LogP contribution in [0.1, 0.15) is 35.0 Å². The number of hydrogen-bond donors (Lipinski definition) is 3. The lowest BCUT2D eigenvalue weighted by molar-refractivity contribution is -0.141. The summed E-state index contributed by atoms with van der Waals surface area (Å²) in [6.45, 7) is 5.14. The van der Waals surface area contributed by atoms with E-state index in [1.54, 1.807) is 26.8 Å². The number of carbonyl (C=O) groups excluding carboxylic acids is 1. The monoisotopic (exact) mass is 266 g/mol. The van der Waals surface area contributed by atoms with Gasteiger partial charge < -0.3 is 15.4 Å². The molecule has 1 amide bonds. The Morgan fingerprint density at radius 2 is 2.05 bits per heavy atom. The third kappa shape index (κ3) is 3.67. The minimum atomic E-state index is -0.961. The summed E-state index contributed by atoms with van der Waals surface area (Å²) in [5, 5.41) is 11.4. The maximum absolute atomic E-state index is 11.9. The Morgan fingerprint density at radius 1 is 1.42 bits per heavy atom. The molecule has 0 aromatic carbocycles. The number of H-pyrrole nitrogens is 1. The van der Waals surface area contributed by atoms with Gasteiger partial charge in [-0.05, 0) is 31.9 Å². The lowest BCUT2D eigenvalue weighted by atomic mass is 10.1. The van der Waals surface area contributed by atoms with Gasteiger partial charge in [0.1, 0.15) is 5.56 Å². The second-order valence-electron chi connectivity index (χ2n) is 4.49. The molecule has 6 nitrogen and oxygen atoms in total. The fraction of sp³-hybridized carbons (Fsp3) is 0.462. The van der Waals surface area contributed by atoms with E-state index in [4.69, 9.17) is 5.11 Å². The first kappa shape index (κ1) is 14.9. The number of hydrogen-bond acceptors (Lipinski definition) is 3. The van der Waals surface area contributed by atoms with Crippen molar-refractivity contribution >= 4 is 11.9 Å². The Labute approximate surface area is 110 Å². The quantitative estimate of drug-likeness (QED) is 0.735. The van der Waals surface area contributed by atoms with Crippen LogP contribution in [0, 0.1) is 19.8 Å². The minimum Gasteiger partial charge on any atom is -0.481 e. The lowest BCUT2D eigenvalue weighted by Gasteiger charge is -2.12. The number of amides is 1. The molecule has 0 radical (unpaired) electrons. The van der Waals surface area contributed by atoms with Crippen molar-refractivity contribution in [2.45, 2.75) is 27.2 Å². The fourth-order valence-electron chi connectivity index (χ4n) is 1.85. The Morgan fingerprint density at radius 3 is 2.53 bits per heavy atom. The molecular formula is C13H18N2O4. The largest absolute Gasteiger partial charge is 0.481 e. The minimum absolute atomic E-state index is 0.0113. The first-order valence-corrected chi connectivity index (χ1v) is 6.08. The SMILES string of the molecule is CCC(CNC(=O)c1c(C)cc(C)[nH]c1=O)C(=O)O. The van der Waals surface area contributed by atoms with E-state index in [0.29, 0.717) is 17.7 Å². The van der Waals surface area contributed by atoms with Gasteiger partial charge in [0.25, 0.3) is 11.5 Å². The number of rotatable bonds is 5. The molecule has 1 atom stereocenters. The summed E-state index contributed by atoms with van der Waals surface area (Å²) in [6.07, 6.45) is 0.416. The van der Waals surface area contributed by atoms with Gasteiger partial charge in [-0.3, -0.25) is 14.4 Å². The van der Waals surface area contributed by atoms with Crippen LogP contribution < -0.4 is 10.9 Å². The topological polar surface area (TPSA) is 99.3 Å². The highest BCUT2D eigenvalue weighted by Gasteiger charge is 2.19. The molecule has 1 aromatic rings. The molecule has 0 aliphatic rings. The van der Waals surface area contributed by atoms with Gasteiger partial charge in [-0.1, -0.05) is 6.92 Å². The van der Waals surface area contributed by atoms with Crippen molar-refractivity contribution in [3.05, 3.63) is 33.2 Å². The molecule has 104 valence electrons. The zero-order valence-corrected chi connectivity index (χ0v) is 11.2. The van der Waals surface area contributed by atoms with E-state index in [2.05, 4.69) is 10.3 Å². The van der Waals surface area contributed by atoms with E-state index in [9.17, 15) is 14.4 Å². The summed E-state index contributed by atoms with van der Waals surface area (Å²) < 4.78 is 0. The molecule has 1 unspecified atom stereocenters. The molecule has 0 saturated heterocycles. The number of nitrogens with one attached hydrogen (secondary N) is 2. The van der Waals surface area contributed by atoms with Crippen LogP contribution in [0.25, 0.3) is 0 Å². The van der Waals surface area contributed by atoms with E-state index in [-0.39, 0.29) is 12.1 Å². The highest BCUT2D eigenvalue weighted by atomic mass is 16.4. The fourth-order valence-corrected chi connectivity index (χ4v) is 1.85. The predicted molar refractivity (Wildman–Crippen MR) is 70.3 cm³/mol. The Kier molecular flexibility index (Phi) is 4.86. The van der Waals surface area contributed by atoms with E-state index in [1.807, 2.05) is 0 Å². The molecule has 6 heteroatoms. The Hall–Kier alpha value is -2.11. The van der Waals surface area contributed by atoms with Crippen LogP contribution in [0.2, 0.25) is 0 Å². The number of aryl methyl sites for hydroxylation is 2. The normalized spacial score (nSPS) is 11.9.